The fraction of sp³-hybridized carbons (Fsp3) is 0.400. The Balaban J connectivity index is 2.15. The molecule has 2 rings (SSSR count). The lowest BCUT2D eigenvalue weighted by Gasteiger charge is -2.16. The van der Waals surface area contributed by atoms with Gasteiger partial charge >= 0.3 is 0 Å². The van der Waals surface area contributed by atoms with Crippen molar-refractivity contribution in [2.24, 2.45) is 0 Å². The van der Waals surface area contributed by atoms with Gasteiger partial charge in [-0.15, -0.1) is 11.3 Å². The van der Waals surface area contributed by atoms with Gasteiger partial charge in [0.2, 0.25) is 0 Å². The molecule has 0 aliphatic heterocycles. The van der Waals surface area contributed by atoms with E-state index in [4.69, 9.17) is 0 Å². The van der Waals surface area contributed by atoms with Crippen LogP contribution >= 0.6 is 43.2 Å². The van der Waals surface area contributed by atoms with Crippen LogP contribution < -0.4 is 5.32 Å². The van der Waals surface area contributed by atoms with Crippen LogP contribution in [0.4, 0.5) is 0 Å². The summed E-state index contributed by atoms with van der Waals surface area (Å²) in [5, 5.41) is 3.55. The molecule has 0 fully saturated rings. The van der Waals surface area contributed by atoms with Gasteiger partial charge in [0, 0.05) is 33.7 Å². The zero-order valence-corrected chi connectivity index (χ0v) is 15.6. The molecule has 2 aromatic rings. The summed E-state index contributed by atoms with van der Waals surface area (Å²) in [6.07, 6.45) is 3.94. The van der Waals surface area contributed by atoms with Crippen LogP contribution in [0.25, 0.3) is 0 Å². The predicted molar refractivity (Wildman–Crippen MR) is 93.5 cm³/mol. The highest BCUT2D eigenvalue weighted by Gasteiger charge is 2.16. The van der Waals surface area contributed by atoms with Crippen LogP contribution in [0.2, 0.25) is 0 Å². The molecular formula is C15H18Br2N2S. The van der Waals surface area contributed by atoms with Gasteiger partial charge in [-0.1, -0.05) is 19.9 Å². The van der Waals surface area contributed by atoms with E-state index < -0.39 is 0 Å². The summed E-state index contributed by atoms with van der Waals surface area (Å²) >= 11 is 8.90. The van der Waals surface area contributed by atoms with Crippen LogP contribution in [0, 0.1) is 0 Å². The van der Waals surface area contributed by atoms with E-state index in [0.717, 1.165) is 33.3 Å². The Morgan fingerprint density at radius 1 is 1.30 bits per heavy atom. The minimum Gasteiger partial charge on any atom is -0.309 e. The number of nitrogens with zero attached hydrogens (tertiary/aromatic N) is 1. The maximum atomic E-state index is 4.57. The molecule has 0 amide bonds. The molecule has 0 spiro atoms. The quantitative estimate of drug-likeness (QED) is 0.704. The molecule has 0 aromatic carbocycles. The summed E-state index contributed by atoms with van der Waals surface area (Å²) < 4.78 is 2.26. The highest BCUT2D eigenvalue weighted by molar-refractivity contribution is 9.13. The van der Waals surface area contributed by atoms with Crippen LogP contribution in [0.5, 0.6) is 0 Å². The van der Waals surface area contributed by atoms with E-state index in [2.05, 4.69) is 74.2 Å². The number of thiophene rings is 1. The summed E-state index contributed by atoms with van der Waals surface area (Å²) in [6, 6.07) is 6.81. The summed E-state index contributed by atoms with van der Waals surface area (Å²) in [7, 11) is 0. The average molecular weight is 418 g/mol. The molecule has 0 aliphatic rings. The third kappa shape index (κ3) is 4.13. The lowest BCUT2D eigenvalue weighted by molar-refractivity contribution is 0.552. The molecule has 0 radical (unpaired) electrons. The maximum absolute atomic E-state index is 4.57. The molecule has 0 saturated heterocycles. The average Bonchev–Trinajstić information content (AvgIpc) is 2.79. The number of halogens is 2. The van der Waals surface area contributed by atoms with Crippen molar-refractivity contribution in [1.82, 2.24) is 10.3 Å². The number of pyridine rings is 1. The first kappa shape index (κ1) is 16.1. The molecule has 0 bridgehead atoms. The highest BCUT2D eigenvalue weighted by Crippen LogP contribution is 2.36. The van der Waals surface area contributed by atoms with Crippen molar-refractivity contribution in [2.75, 3.05) is 6.54 Å². The van der Waals surface area contributed by atoms with Gasteiger partial charge in [0.05, 0.1) is 3.79 Å². The molecule has 5 heteroatoms. The molecule has 0 aliphatic carbocycles. The molecule has 1 N–H and O–H groups in total. The van der Waals surface area contributed by atoms with Gasteiger partial charge < -0.3 is 5.32 Å². The van der Waals surface area contributed by atoms with Crippen molar-refractivity contribution in [1.29, 1.82) is 0 Å². The first-order valence-corrected chi connectivity index (χ1v) is 9.16. The monoisotopic (exact) mass is 416 g/mol. The van der Waals surface area contributed by atoms with E-state index >= 15 is 0 Å². The van der Waals surface area contributed by atoms with Crippen molar-refractivity contribution in [3.8, 4) is 0 Å². The fourth-order valence-corrected chi connectivity index (χ4v) is 4.21. The molecule has 2 heterocycles. The summed E-state index contributed by atoms with van der Waals surface area (Å²) in [4.78, 5) is 5.89. The lowest BCUT2D eigenvalue weighted by atomic mass is 10.1. The van der Waals surface area contributed by atoms with Crippen LogP contribution in [-0.4, -0.2) is 11.5 Å². The number of nitrogens with one attached hydrogen (secondary N) is 1. The van der Waals surface area contributed by atoms with Crippen molar-refractivity contribution >= 4 is 43.2 Å². The third-order valence-corrected chi connectivity index (χ3v) is 6.54. The van der Waals surface area contributed by atoms with Crippen LogP contribution in [0.1, 0.15) is 36.0 Å². The number of aromatic nitrogens is 1. The largest absolute Gasteiger partial charge is 0.309 e. The van der Waals surface area contributed by atoms with Crippen molar-refractivity contribution in [2.45, 2.75) is 32.7 Å². The van der Waals surface area contributed by atoms with Gasteiger partial charge in [-0.25, -0.2) is 0 Å². The Morgan fingerprint density at radius 3 is 2.60 bits per heavy atom. The second-order valence-electron chi connectivity index (χ2n) is 4.60. The van der Waals surface area contributed by atoms with Crippen LogP contribution in [0.3, 0.4) is 0 Å². The zero-order chi connectivity index (χ0) is 14.5. The minimum atomic E-state index is 0.313. The van der Waals surface area contributed by atoms with Crippen molar-refractivity contribution in [3.63, 3.8) is 0 Å². The molecule has 0 saturated carbocycles. The van der Waals surface area contributed by atoms with E-state index in [1.54, 1.807) is 11.3 Å². The summed E-state index contributed by atoms with van der Waals surface area (Å²) in [6.45, 7) is 5.24. The highest BCUT2D eigenvalue weighted by atomic mass is 79.9. The van der Waals surface area contributed by atoms with E-state index in [9.17, 15) is 0 Å². The second-order valence-corrected chi connectivity index (χ2v) is 7.85. The SMILES string of the molecule is CCNC(Cc1ccc(CC)cn1)c1cc(Br)c(Br)s1. The molecular weight excluding hydrogens is 400 g/mol. The zero-order valence-electron chi connectivity index (χ0n) is 11.6. The number of hydrogen-bond donors (Lipinski definition) is 1. The number of rotatable bonds is 6. The van der Waals surface area contributed by atoms with Gasteiger partial charge in [0.1, 0.15) is 0 Å². The van der Waals surface area contributed by atoms with Gasteiger partial charge in [-0.05, 0) is 62.5 Å². The van der Waals surface area contributed by atoms with E-state index in [1.807, 2.05) is 6.20 Å². The smallest absolute Gasteiger partial charge is 0.0843 e. The van der Waals surface area contributed by atoms with Crippen molar-refractivity contribution < 1.29 is 0 Å². The first-order chi connectivity index (χ1) is 9.63. The van der Waals surface area contributed by atoms with E-state index in [1.165, 1.54) is 10.4 Å². The summed E-state index contributed by atoms with van der Waals surface area (Å²) in [5.74, 6) is 0. The molecule has 2 nitrogen and oxygen atoms in total. The van der Waals surface area contributed by atoms with Gasteiger partial charge in [-0.2, -0.15) is 0 Å². The van der Waals surface area contributed by atoms with Crippen LogP contribution in [0.15, 0.2) is 32.7 Å². The van der Waals surface area contributed by atoms with Gasteiger partial charge in [-0.3, -0.25) is 4.98 Å². The fourth-order valence-electron chi connectivity index (χ4n) is 2.05. The topological polar surface area (TPSA) is 24.9 Å². The predicted octanol–water partition coefficient (Wildman–Crippen LogP) is 5.12. The number of aryl methyl sites for hydroxylation is 1. The Labute approximate surface area is 141 Å². The number of hydrogen-bond acceptors (Lipinski definition) is 3. The molecule has 20 heavy (non-hydrogen) atoms. The van der Waals surface area contributed by atoms with E-state index in [-0.39, 0.29) is 0 Å². The van der Waals surface area contributed by atoms with Crippen molar-refractivity contribution in [3.05, 3.63) is 48.8 Å². The molecule has 108 valence electrons. The Kier molecular flexibility index (Phi) is 6.20. The van der Waals surface area contributed by atoms with Gasteiger partial charge in [0.15, 0.2) is 0 Å². The minimum absolute atomic E-state index is 0.313. The number of likely N-dealkylation sites (N-methyl/N-ethyl adjacent to an activating group) is 1. The summed E-state index contributed by atoms with van der Waals surface area (Å²) in [5.41, 5.74) is 2.42. The van der Waals surface area contributed by atoms with Gasteiger partial charge in [0.25, 0.3) is 0 Å². The van der Waals surface area contributed by atoms with Crippen LogP contribution in [-0.2, 0) is 12.8 Å². The normalized spacial score (nSPS) is 12.6. The van der Waals surface area contributed by atoms with E-state index in [0.29, 0.717) is 6.04 Å². The Bertz CT molecular complexity index is 532. The molecule has 1 atom stereocenters. The Hall–Kier alpha value is -0.230. The maximum Gasteiger partial charge on any atom is 0.0843 e. The Morgan fingerprint density at radius 2 is 2.10 bits per heavy atom. The first-order valence-electron chi connectivity index (χ1n) is 6.76. The third-order valence-electron chi connectivity index (χ3n) is 3.17. The standard InChI is InChI=1S/C15H18Br2N2S/c1-3-10-5-6-11(19-9-10)7-13(18-4-2)14-8-12(16)15(17)20-14/h5-6,8-9,13,18H,3-4,7H2,1-2H3. The lowest BCUT2D eigenvalue weighted by Crippen LogP contribution is -2.22. The second kappa shape index (κ2) is 7.69. The molecule has 2 aromatic heterocycles. The molecule has 1 unspecified atom stereocenters.